The lowest BCUT2D eigenvalue weighted by Gasteiger charge is -2.27. The van der Waals surface area contributed by atoms with Crippen molar-refractivity contribution < 1.29 is 4.74 Å². The first kappa shape index (κ1) is 18.0. The van der Waals surface area contributed by atoms with Gasteiger partial charge in [-0.05, 0) is 51.1 Å². The zero-order valence-electron chi connectivity index (χ0n) is 15.5. The number of hydrogen-bond acceptors (Lipinski definition) is 4. The minimum absolute atomic E-state index is 0.603. The van der Waals surface area contributed by atoms with Crippen LogP contribution in [-0.4, -0.2) is 58.7 Å². The van der Waals surface area contributed by atoms with Crippen LogP contribution in [0.1, 0.15) is 25.3 Å². The van der Waals surface area contributed by atoms with E-state index in [0.717, 1.165) is 38.4 Å². The van der Waals surface area contributed by atoms with Crippen LogP contribution in [0.15, 0.2) is 43.0 Å². The Morgan fingerprint density at radius 1 is 1.20 bits per heavy atom. The molecule has 0 spiro atoms. The molecule has 136 valence electrons. The van der Waals surface area contributed by atoms with Crippen molar-refractivity contribution in [2.45, 2.75) is 38.9 Å². The number of imidazole rings is 1. The second-order valence-corrected chi connectivity index (χ2v) is 7.08. The molecule has 2 heterocycles. The fourth-order valence-corrected chi connectivity index (χ4v) is 3.44. The summed E-state index contributed by atoms with van der Waals surface area (Å²) in [6.45, 7) is 8.56. The highest BCUT2D eigenvalue weighted by molar-refractivity contribution is 5.27. The zero-order chi connectivity index (χ0) is 17.5. The first-order valence-electron chi connectivity index (χ1n) is 9.31. The van der Waals surface area contributed by atoms with Gasteiger partial charge in [-0.15, -0.1) is 0 Å². The summed E-state index contributed by atoms with van der Waals surface area (Å²) >= 11 is 0. The van der Waals surface area contributed by atoms with E-state index in [1.54, 1.807) is 0 Å². The first-order chi connectivity index (χ1) is 12.2. The van der Waals surface area contributed by atoms with E-state index in [4.69, 9.17) is 4.74 Å². The minimum atomic E-state index is 0.603. The smallest absolute Gasteiger partial charge is 0.119 e. The highest BCUT2D eigenvalue weighted by Gasteiger charge is 2.19. The Balaban J connectivity index is 1.43. The van der Waals surface area contributed by atoms with Gasteiger partial charge >= 0.3 is 0 Å². The van der Waals surface area contributed by atoms with E-state index in [-0.39, 0.29) is 0 Å². The number of benzene rings is 1. The van der Waals surface area contributed by atoms with Crippen molar-refractivity contribution in [3.63, 3.8) is 0 Å². The third kappa shape index (κ3) is 5.58. The SMILES string of the molecule is C[C@@H]1CN(C)CCCN1Cc1ccc(OCCCn2ccnc2)cc1. The van der Waals surface area contributed by atoms with Crippen molar-refractivity contribution in [2.24, 2.45) is 0 Å². The number of rotatable bonds is 7. The monoisotopic (exact) mass is 342 g/mol. The summed E-state index contributed by atoms with van der Waals surface area (Å²) in [6, 6.07) is 9.20. The molecule has 5 heteroatoms. The quantitative estimate of drug-likeness (QED) is 0.725. The van der Waals surface area contributed by atoms with Gasteiger partial charge < -0.3 is 14.2 Å². The maximum atomic E-state index is 5.85. The Bertz CT molecular complexity index is 611. The third-order valence-electron chi connectivity index (χ3n) is 4.88. The molecule has 0 bridgehead atoms. The summed E-state index contributed by atoms with van der Waals surface area (Å²) in [5, 5.41) is 0. The molecule has 5 nitrogen and oxygen atoms in total. The van der Waals surface area contributed by atoms with Crippen molar-refractivity contribution in [2.75, 3.05) is 33.3 Å². The van der Waals surface area contributed by atoms with E-state index in [9.17, 15) is 0 Å². The van der Waals surface area contributed by atoms with Crippen LogP contribution in [0.5, 0.6) is 5.75 Å². The predicted molar refractivity (Wildman–Crippen MR) is 101 cm³/mol. The van der Waals surface area contributed by atoms with Crippen LogP contribution in [-0.2, 0) is 13.1 Å². The number of aromatic nitrogens is 2. The normalized spacial score (nSPS) is 19.7. The summed E-state index contributed by atoms with van der Waals surface area (Å²) in [5.74, 6) is 0.957. The first-order valence-corrected chi connectivity index (χ1v) is 9.31. The topological polar surface area (TPSA) is 33.5 Å². The molecule has 25 heavy (non-hydrogen) atoms. The molecule has 1 fully saturated rings. The fraction of sp³-hybridized carbons (Fsp3) is 0.550. The third-order valence-corrected chi connectivity index (χ3v) is 4.88. The van der Waals surface area contributed by atoms with Crippen molar-refractivity contribution in [3.8, 4) is 5.75 Å². The molecule has 0 amide bonds. The lowest BCUT2D eigenvalue weighted by molar-refractivity contribution is 0.194. The van der Waals surface area contributed by atoms with Gasteiger partial charge in [0.1, 0.15) is 5.75 Å². The van der Waals surface area contributed by atoms with Crippen molar-refractivity contribution in [3.05, 3.63) is 48.5 Å². The largest absolute Gasteiger partial charge is 0.494 e. The molecule has 0 N–H and O–H groups in total. The molecule has 3 rings (SSSR count). The lowest BCUT2D eigenvalue weighted by Crippen LogP contribution is -2.37. The maximum Gasteiger partial charge on any atom is 0.119 e. The summed E-state index contributed by atoms with van der Waals surface area (Å²) < 4.78 is 7.93. The van der Waals surface area contributed by atoms with Crippen LogP contribution in [0, 0.1) is 0 Å². The number of aryl methyl sites for hydroxylation is 1. The van der Waals surface area contributed by atoms with Gasteiger partial charge in [-0.1, -0.05) is 12.1 Å². The van der Waals surface area contributed by atoms with Gasteiger partial charge in [0.25, 0.3) is 0 Å². The van der Waals surface area contributed by atoms with Gasteiger partial charge in [0.05, 0.1) is 12.9 Å². The molecule has 1 saturated heterocycles. The van der Waals surface area contributed by atoms with Crippen LogP contribution in [0.25, 0.3) is 0 Å². The molecule has 1 atom stereocenters. The predicted octanol–water partition coefficient (Wildman–Crippen LogP) is 2.88. The van der Waals surface area contributed by atoms with Gasteiger partial charge in [-0.3, -0.25) is 4.90 Å². The van der Waals surface area contributed by atoms with Crippen molar-refractivity contribution in [1.29, 1.82) is 0 Å². The summed E-state index contributed by atoms with van der Waals surface area (Å²) in [5.41, 5.74) is 1.36. The molecule has 1 aromatic heterocycles. The Morgan fingerprint density at radius 2 is 2.04 bits per heavy atom. The van der Waals surface area contributed by atoms with Crippen LogP contribution in [0.2, 0.25) is 0 Å². The van der Waals surface area contributed by atoms with Crippen LogP contribution in [0.4, 0.5) is 0 Å². The molecule has 1 aliphatic heterocycles. The highest BCUT2D eigenvalue weighted by Crippen LogP contribution is 2.17. The van der Waals surface area contributed by atoms with E-state index in [0.29, 0.717) is 6.04 Å². The van der Waals surface area contributed by atoms with E-state index in [2.05, 4.69) is 57.6 Å². The van der Waals surface area contributed by atoms with Crippen LogP contribution >= 0.6 is 0 Å². The van der Waals surface area contributed by atoms with Crippen LogP contribution in [0.3, 0.4) is 0 Å². The second-order valence-electron chi connectivity index (χ2n) is 7.08. The summed E-state index contributed by atoms with van der Waals surface area (Å²) in [4.78, 5) is 9.07. The number of likely N-dealkylation sites (N-methyl/N-ethyl adjacent to an activating group) is 1. The van der Waals surface area contributed by atoms with E-state index in [1.807, 2.05) is 18.7 Å². The van der Waals surface area contributed by atoms with Gasteiger partial charge in [-0.25, -0.2) is 4.98 Å². The standard InChI is InChI=1S/C20H30N4O/c1-18-15-22(2)10-3-12-24(18)16-19-5-7-20(8-6-19)25-14-4-11-23-13-9-21-17-23/h5-9,13,17-18H,3-4,10-12,14-16H2,1-2H3/t18-/m1/s1. The number of nitrogens with zero attached hydrogens (tertiary/aromatic N) is 4. The Hall–Kier alpha value is -1.85. The van der Waals surface area contributed by atoms with E-state index < -0.39 is 0 Å². The Morgan fingerprint density at radius 3 is 2.80 bits per heavy atom. The summed E-state index contributed by atoms with van der Waals surface area (Å²) in [6.07, 6.45) is 7.87. The molecular weight excluding hydrogens is 312 g/mol. The molecule has 0 unspecified atom stereocenters. The fourth-order valence-electron chi connectivity index (χ4n) is 3.44. The van der Waals surface area contributed by atoms with Crippen molar-refractivity contribution >= 4 is 0 Å². The van der Waals surface area contributed by atoms with Gasteiger partial charge in [-0.2, -0.15) is 0 Å². The second kappa shape index (κ2) is 9.02. The number of ether oxygens (including phenoxy) is 1. The number of hydrogen-bond donors (Lipinski definition) is 0. The molecule has 2 aromatic rings. The average Bonchev–Trinajstić information content (AvgIpc) is 3.07. The minimum Gasteiger partial charge on any atom is -0.494 e. The molecule has 1 aliphatic rings. The van der Waals surface area contributed by atoms with Gasteiger partial charge in [0.2, 0.25) is 0 Å². The molecule has 0 saturated carbocycles. The maximum absolute atomic E-state index is 5.85. The average molecular weight is 342 g/mol. The lowest BCUT2D eigenvalue weighted by atomic mass is 10.1. The molecule has 0 radical (unpaired) electrons. The van der Waals surface area contributed by atoms with Gasteiger partial charge in [0, 0.05) is 44.6 Å². The highest BCUT2D eigenvalue weighted by atomic mass is 16.5. The van der Waals surface area contributed by atoms with Crippen molar-refractivity contribution in [1.82, 2.24) is 19.4 Å². The zero-order valence-corrected chi connectivity index (χ0v) is 15.5. The molecular formula is C20H30N4O. The molecule has 1 aromatic carbocycles. The Kier molecular flexibility index (Phi) is 6.48. The Labute approximate surface area is 151 Å². The summed E-state index contributed by atoms with van der Waals surface area (Å²) in [7, 11) is 2.22. The van der Waals surface area contributed by atoms with Crippen LogP contribution < -0.4 is 4.74 Å². The van der Waals surface area contributed by atoms with E-state index >= 15 is 0 Å². The van der Waals surface area contributed by atoms with E-state index in [1.165, 1.54) is 25.1 Å². The molecule has 0 aliphatic carbocycles. The van der Waals surface area contributed by atoms with Gasteiger partial charge in [0.15, 0.2) is 0 Å².